The van der Waals surface area contributed by atoms with E-state index in [1.807, 2.05) is 32.0 Å². The molecule has 3 nitrogen and oxygen atoms in total. The van der Waals surface area contributed by atoms with E-state index in [9.17, 15) is 0 Å². The predicted molar refractivity (Wildman–Crippen MR) is 66.5 cm³/mol. The first kappa shape index (κ1) is 13.0. The molecule has 2 N–H and O–H groups in total. The van der Waals surface area contributed by atoms with E-state index in [4.69, 9.17) is 9.84 Å². The van der Waals surface area contributed by atoms with Gasteiger partial charge in [0.1, 0.15) is 0 Å². The van der Waals surface area contributed by atoms with Crippen LogP contribution >= 0.6 is 0 Å². The van der Waals surface area contributed by atoms with Gasteiger partial charge in [-0.2, -0.15) is 0 Å². The molecule has 1 aromatic carbocycles. The van der Waals surface area contributed by atoms with Crippen LogP contribution in [0.3, 0.4) is 0 Å². The molecule has 0 unspecified atom stereocenters. The lowest BCUT2D eigenvalue weighted by Gasteiger charge is -2.22. The Morgan fingerprint density at radius 2 is 2.12 bits per heavy atom. The number of rotatable bonds is 6. The van der Waals surface area contributed by atoms with Crippen molar-refractivity contribution in [2.75, 3.05) is 25.6 Å². The molecule has 0 radical (unpaired) electrons. The number of aliphatic hydroxyl groups is 1. The number of methoxy groups -OCH3 is 1. The molecule has 0 aliphatic rings. The molecule has 0 bridgehead atoms. The third-order valence-corrected chi connectivity index (χ3v) is 2.44. The second-order valence-corrected chi connectivity index (χ2v) is 4.81. The van der Waals surface area contributed by atoms with Gasteiger partial charge in [0, 0.05) is 31.4 Å². The van der Waals surface area contributed by atoms with Gasteiger partial charge in [0.15, 0.2) is 0 Å². The second-order valence-electron chi connectivity index (χ2n) is 4.81. The number of nitrogens with one attached hydrogen (secondary N) is 1. The van der Waals surface area contributed by atoms with Gasteiger partial charge in [0.25, 0.3) is 0 Å². The Labute approximate surface area is 97.4 Å². The molecule has 0 aliphatic carbocycles. The molecular formula is C13H21NO2. The van der Waals surface area contributed by atoms with Crippen LogP contribution in [0.4, 0.5) is 5.69 Å². The van der Waals surface area contributed by atoms with Crippen LogP contribution in [0, 0.1) is 5.41 Å². The van der Waals surface area contributed by atoms with Gasteiger partial charge in [0.2, 0.25) is 0 Å². The van der Waals surface area contributed by atoms with Crippen molar-refractivity contribution in [3.05, 3.63) is 29.8 Å². The van der Waals surface area contributed by atoms with E-state index in [2.05, 4.69) is 11.4 Å². The molecule has 0 fully saturated rings. The third-order valence-electron chi connectivity index (χ3n) is 2.44. The zero-order chi connectivity index (χ0) is 12.0. The fraction of sp³-hybridized carbons (Fsp3) is 0.538. The summed E-state index contributed by atoms with van der Waals surface area (Å²) in [7, 11) is 1.69. The van der Waals surface area contributed by atoms with Crippen molar-refractivity contribution < 1.29 is 9.84 Å². The summed E-state index contributed by atoms with van der Waals surface area (Å²) in [5.74, 6) is 0. The monoisotopic (exact) mass is 223 g/mol. The summed E-state index contributed by atoms with van der Waals surface area (Å²) in [4.78, 5) is 0. The molecule has 0 amide bonds. The Kier molecular flexibility index (Phi) is 4.77. The van der Waals surface area contributed by atoms with Gasteiger partial charge < -0.3 is 15.2 Å². The molecule has 1 rings (SSSR count). The minimum absolute atomic E-state index is 0.0999. The molecule has 0 aliphatic heterocycles. The van der Waals surface area contributed by atoms with Crippen LogP contribution in [-0.4, -0.2) is 25.4 Å². The van der Waals surface area contributed by atoms with E-state index >= 15 is 0 Å². The average Bonchev–Trinajstić information content (AvgIpc) is 2.28. The van der Waals surface area contributed by atoms with E-state index in [1.165, 1.54) is 0 Å². The molecule has 1 aromatic rings. The topological polar surface area (TPSA) is 41.5 Å². The summed E-state index contributed by atoms with van der Waals surface area (Å²) in [6, 6.07) is 8.12. The highest BCUT2D eigenvalue weighted by Crippen LogP contribution is 2.17. The Balaban J connectivity index is 2.57. The molecule has 0 atom stereocenters. The van der Waals surface area contributed by atoms with Gasteiger partial charge >= 0.3 is 0 Å². The van der Waals surface area contributed by atoms with Crippen LogP contribution in [0.2, 0.25) is 0 Å². The van der Waals surface area contributed by atoms with Crippen molar-refractivity contribution in [3.8, 4) is 0 Å². The van der Waals surface area contributed by atoms with Gasteiger partial charge in [-0.3, -0.25) is 0 Å². The van der Waals surface area contributed by atoms with E-state index < -0.39 is 0 Å². The van der Waals surface area contributed by atoms with E-state index in [0.29, 0.717) is 6.61 Å². The van der Waals surface area contributed by atoms with E-state index in [1.54, 1.807) is 7.11 Å². The first-order valence-corrected chi connectivity index (χ1v) is 5.50. The SMILES string of the molecule is COCc1cccc(NCC(C)(C)CO)c1. The fourth-order valence-corrected chi connectivity index (χ4v) is 1.33. The van der Waals surface area contributed by atoms with E-state index in [0.717, 1.165) is 17.8 Å². The molecule has 0 saturated heterocycles. The minimum Gasteiger partial charge on any atom is -0.396 e. The zero-order valence-corrected chi connectivity index (χ0v) is 10.3. The van der Waals surface area contributed by atoms with Crippen molar-refractivity contribution in [3.63, 3.8) is 0 Å². The van der Waals surface area contributed by atoms with Gasteiger partial charge in [0.05, 0.1) is 6.61 Å². The maximum absolute atomic E-state index is 9.15. The van der Waals surface area contributed by atoms with Crippen LogP contribution in [0.15, 0.2) is 24.3 Å². The zero-order valence-electron chi connectivity index (χ0n) is 10.3. The van der Waals surface area contributed by atoms with Crippen molar-refractivity contribution in [2.24, 2.45) is 5.41 Å². The summed E-state index contributed by atoms with van der Waals surface area (Å²) < 4.78 is 5.08. The third kappa shape index (κ3) is 4.21. The fourth-order valence-electron chi connectivity index (χ4n) is 1.33. The molecule has 0 aromatic heterocycles. The quantitative estimate of drug-likeness (QED) is 0.777. The van der Waals surface area contributed by atoms with Crippen molar-refractivity contribution in [1.82, 2.24) is 0 Å². The molecule has 0 saturated carbocycles. The number of aliphatic hydroxyl groups excluding tert-OH is 1. The number of anilines is 1. The maximum Gasteiger partial charge on any atom is 0.0713 e. The van der Waals surface area contributed by atoms with Gasteiger partial charge in [-0.05, 0) is 17.7 Å². The van der Waals surface area contributed by atoms with Crippen LogP contribution in [0.25, 0.3) is 0 Å². The first-order chi connectivity index (χ1) is 7.57. The minimum atomic E-state index is -0.0999. The van der Waals surface area contributed by atoms with Crippen LogP contribution < -0.4 is 5.32 Å². The Morgan fingerprint density at radius 3 is 2.75 bits per heavy atom. The maximum atomic E-state index is 9.15. The first-order valence-electron chi connectivity index (χ1n) is 5.50. The summed E-state index contributed by atoms with van der Waals surface area (Å²) in [5.41, 5.74) is 2.11. The van der Waals surface area contributed by atoms with Crippen LogP contribution in [0.5, 0.6) is 0 Å². The number of benzene rings is 1. The Bertz CT molecular complexity index is 323. The normalized spacial score (nSPS) is 11.5. The van der Waals surface area contributed by atoms with Gasteiger partial charge in [-0.1, -0.05) is 26.0 Å². The Hall–Kier alpha value is -1.06. The molecule has 16 heavy (non-hydrogen) atoms. The highest BCUT2D eigenvalue weighted by molar-refractivity contribution is 5.45. The summed E-state index contributed by atoms with van der Waals surface area (Å²) in [6.45, 7) is 5.61. The predicted octanol–water partition coefficient (Wildman–Crippen LogP) is 2.26. The van der Waals surface area contributed by atoms with Gasteiger partial charge in [-0.25, -0.2) is 0 Å². The number of hydrogen-bond donors (Lipinski definition) is 2. The lowest BCUT2D eigenvalue weighted by Crippen LogP contribution is -2.26. The summed E-state index contributed by atoms with van der Waals surface area (Å²) in [5, 5.41) is 12.5. The largest absolute Gasteiger partial charge is 0.396 e. The van der Waals surface area contributed by atoms with Crippen molar-refractivity contribution in [2.45, 2.75) is 20.5 Å². The van der Waals surface area contributed by atoms with Crippen LogP contribution in [0.1, 0.15) is 19.4 Å². The molecule has 0 heterocycles. The average molecular weight is 223 g/mol. The Morgan fingerprint density at radius 1 is 1.38 bits per heavy atom. The molecule has 0 spiro atoms. The molecule has 90 valence electrons. The lowest BCUT2D eigenvalue weighted by atomic mass is 9.95. The summed E-state index contributed by atoms with van der Waals surface area (Å²) in [6.07, 6.45) is 0. The second kappa shape index (κ2) is 5.87. The van der Waals surface area contributed by atoms with Crippen molar-refractivity contribution in [1.29, 1.82) is 0 Å². The van der Waals surface area contributed by atoms with Gasteiger partial charge in [-0.15, -0.1) is 0 Å². The van der Waals surface area contributed by atoms with Crippen molar-refractivity contribution >= 4 is 5.69 Å². The summed E-state index contributed by atoms with van der Waals surface area (Å²) >= 11 is 0. The standard InChI is InChI=1S/C13H21NO2/c1-13(2,10-15)9-14-12-6-4-5-11(7-12)8-16-3/h4-7,14-15H,8-10H2,1-3H3. The highest BCUT2D eigenvalue weighted by Gasteiger charge is 2.15. The molecular weight excluding hydrogens is 202 g/mol. The van der Waals surface area contributed by atoms with E-state index in [-0.39, 0.29) is 12.0 Å². The van der Waals surface area contributed by atoms with Crippen LogP contribution in [-0.2, 0) is 11.3 Å². The number of ether oxygens (including phenoxy) is 1. The molecule has 3 heteroatoms. The highest BCUT2D eigenvalue weighted by atomic mass is 16.5. The number of hydrogen-bond acceptors (Lipinski definition) is 3. The smallest absolute Gasteiger partial charge is 0.0713 e. The lowest BCUT2D eigenvalue weighted by molar-refractivity contribution is 0.171.